The van der Waals surface area contributed by atoms with E-state index in [0.717, 1.165) is 5.39 Å². The second-order valence-corrected chi connectivity index (χ2v) is 7.94. The second kappa shape index (κ2) is 8.55. The van der Waals surface area contributed by atoms with Gasteiger partial charge < -0.3 is 20.7 Å². The zero-order valence-electron chi connectivity index (χ0n) is 18.1. The predicted octanol–water partition coefficient (Wildman–Crippen LogP) is 5.06. The van der Waals surface area contributed by atoms with E-state index in [1.165, 1.54) is 11.6 Å². The molecule has 4 N–H and O–H groups in total. The van der Waals surface area contributed by atoms with Gasteiger partial charge in [-0.3, -0.25) is 9.59 Å². The number of aryl methyl sites for hydroxylation is 1. The first-order valence-electron chi connectivity index (χ1n) is 10.3. The molecule has 0 saturated heterocycles. The molecule has 0 aliphatic heterocycles. The Morgan fingerprint density at radius 2 is 1.84 bits per heavy atom. The van der Waals surface area contributed by atoms with Gasteiger partial charge in [0.1, 0.15) is 17.3 Å². The van der Waals surface area contributed by atoms with Crippen LogP contribution in [0.4, 0.5) is 17.2 Å². The van der Waals surface area contributed by atoms with E-state index >= 15 is 0 Å². The number of anilines is 3. The van der Waals surface area contributed by atoms with Gasteiger partial charge in [0.15, 0.2) is 0 Å². The van der Waals surface area contributed by atoms with Gasteiger partial charge in [-0.25, -0.2) is 4.98 Å². The summed E-state index contributed by atoms with van der Waals surface area (Å²) < 4.78 is 0. The topological polar surface area (TPSA) is 107 Å². The molecule has 0 fully saturated rings. The van der Waals surface area contributed by atoms with Gasteiger partial charge in [-0.2, -0.15) is 0 Å². The molecule has 2 aromatic heterocycles. The Hall–Kier alpha value is -4.13. The highest BCUT2D eigenvalue weighted by Crippen LogP contribution is 2.26. The highest BCUT2D eigenvalue weighted by Gasteiger charge is 2.16. The van der Waals surface area contributed by atoms with Crippen molar-refractivity contribution in [2.45, 2.75) is 26.7 Å². The number of nitrogens with one attached hydrogen (secondary N) is 3. The summed E-state index contributed by atoms with van der Waals surface area (Å²) in [6, 6.07) is 15.8. The number of benzene rings is 2. The quantitative estimate of drug-likeness (QED) is 0.356. The average molecular weight is 428 g/mol. The van der Waals surface area contributed by atoms with Crippen LogP contribution < -0.4 is 16.2 Å². The summed E-state index contributed by atoms with van der Waals surface area (Å²) in [5.74, 6) is 0.410. The van der Waals surface area contributed by atoms with Crippen molar-refractivity contribution in [1.29, 1.82) is 0 Å². The van der Waals surface area contributed by atoms with E-state index < -0.39 is 0 Å². The first-order valence-corrected chi connectivity index (χ1v) is 10.3. The van der Waals surface area contributed by atoms with E-state index in [9.17, 15) is 14.7 Å². The summed E-state index contributed by atoms with van der Waals surface area (Å²) >= 11 is 0. The van der Waals surface area contributed by atoms with Crippen LogP contribution in [0.3, 0.4) is 0 Å². The van der Waals surface area contributed by atoms with Crippen molar-refractivity contribution in [3.63, 3.8) is 0 Å². The van der Waals surface area contributed by atoms with Crippen LogP contribution in [0.5, 0.6) is 5.75 Å². The Labute approximate surface area is 185 Å². The van der Waals surface area contributed by atoms with Gasteiger partial charge in [0.2, 0.25) is 0 Å². The van der Waals surface area contributed by atoms with Gasteiger partial charge >= 0.3 is 0 Å². The van der Waals surface area contributed by atoms with Crippen LogP contribution in [0.2, 0.25) is 0 Å². The number of rotatable bonds is 5. The minimum Gasteiger partial charge on any atom is -0.508 e. The van der Waals surface area contributed by atoms with E-state index in [4.69, 9.17) is 0 Å². The van der Waals surface area contributed by atoms with Gasteiger partial charge in [-0.05, 0) is 60.4 Å². The van der Waals surface area contributed by atoms with Gasteiger partial charge in [0, 0.05) is 23.3 Å². The summed E-state index contributed by atoms with van der Waals surface area (Å²) in [5.41, 5.74) is 3.30. The smallest absolute Gasteiger partial charge is 0.272 e. The van der Waals surface area contributed by atoms with Crippen molar-refractivity contribution < 1.29 is 9.90 Å². The number of aromatic amines is 1. The van der Waals surface area contributed by atoms with Crippen molar-refractivity contribution in [2.75, 3.05) is 10.6 Å². The fourth-order valence-corrected chi connectivity index (χ4v) is 3.56. The minimum atomic E-state index is -0.373. The van der Waals surface area contributed by atoms with Crippen LogP contribution >= 0.6 is 0 Å². The molecule has 0 unspecified atom stereocenters. The molecule has 0 aliphatic rings. The minimum absolute atomic E-state index is 0.0679. The number of fused-ring (bicyclic) bond motifs is 1. The maximum absolute atomic E-state index is 13.0. The molecule has 0 saturated carbocycles. The lowest BCUT2D eigenvalue weighted by Gasteiger charge is -2.14. The van der Waals surface area contributed by atoms with Gasteiger partial charge in [-0.1, -0.05) is 26.0 Å². The molecular formula is C25H24N4O3. The standard InChI is InChI=1S/C25H24N4O3/c1-14(2)16-6-8-17(9-7-16)27-24(31)20-5-4-12-26-23(20)29-22-15(3)19-11-10-18(30)13-21(19)28-25(22)32/h4-14,30H,1-3H3,(H,26,29)(H,27,31)(H,28,32). The third-order valence-electron chi connectivity index (χ3n) is 5.39. The Morgan fingerprint density at radius 3 is 2.56 bits per heavy atom. The first-order chi connectivity index (χ1) is 15.3. The Balaban J connectivity index is 1.65. The lowest BCUT2D eigenvalue weighted by atomic mass is 10.0. The third kappa shape index (κ3) is 4.18. The van der Waals surface area contributed by atoms with Crippen LogP contribution in [0.15, 0.2) is 65.6 Å². The number of H-pyrrole nitrogens is 1. The number of carbonyl (C=O) groups is 1. The summed E-state index contributed by atoms with van der Waals surface area (Å²) in [4.78, 5) is 32.7. The van der Waals surface area contributed by atoms with Crippen molar-refractivity contribution >= 4 is 34.0 Å². The van der Waals surface area contributed by atoms with Gasteiger partial charge in [-0.15, -0.1) is 0 Å². The molecule has 7 nitrogen and oxygen atoms in total. The molecule has 7 heteroatoms. The lowest BCUT2D eigenvalue weighted by Crippen LogP contribution is -2.18. The normalized spacial score (nSPS) is 11.0. The molecule has 32 heavy (non-hydrogen) atoms. The fraction of sp³-hybridized carbons (Fsp3) is 0.160. The molecule has 0 aliphatic carbocycles. The number of phenols is 1. The number of phenolic OH excluding ortho intramolecular Hbond substituents is 1. The van der Waals surface area contributed by atoms with Crippen molar-refractivity contribution in [1.82, 2.24) is 9.97 Å². The Morgan fingerprint density at radius 1 is 1.09 bits per heavy atom. The molecular weight excluding hydrogens is 404 g/mol. The number of pyridine rings is 2. The number of aromatic nitrogens is 2. The SMILES string of the molecule is Cc1c(Nc2ncccc2C(=O)Nc2ccc(C(C)C)cc2)c(=O)[nH]c2cc(O)ccc12. The fourth-order valence-electron chi connectivity index (χ4n) is 3.56. The van der Waals surface area contributed by atoms with E-state index in [1.807, 2.05) is 24.3 Å². The zero-order chi connectivity index (χ0) is 22.8. The highest BCUT2D eigenvalue weighted by molar-refractivity contribution is 6.08. The maximum Gasteiger partial charge on any atom is 0.272 e. The highest BCUT2D eigenvalue weighted by atomic mass is 16.3. The van der Waals surface area contributed by atoms with E-state index in [-0.39, 0.29) is 28.7 Å². The summed E-state index contributed by atoms with van der Waals surface area (Å²) in [5, 5.41) is 16.4. The second-order valence-electron chi connectivity index (χ2n) is 7.94. The number of amides is 1. The number of hydrogen-bond donors (Lipinski definition) is 4. The largest absolute Gasteiger partial charge is 0.508 e. The number of aromatic hydroxyl groups is 1. The molecule has 0 bridgehead atoms. The first kappa shape index (κ1) is 21.1. The lowest BCUT2D eigenvalue weighted by molar-refractivity contribution is 0.102. The zero-order valence-corrected chi connectivity index (χ0v) is 18.1. The average Bonchev–Trinajstić information content (AvgIpc) is 2.77. The molecule has 1 amide bonds. The van der Waals surface area contributed by atoms with Crippen LogP contribution in [0.25, 0.3) is 10.9 Å². The van der Waals surface area contributed by atoms with Gasteiger partial charge in [0.05, 0.1) is 11.1 Å². The Bertz CT molecular complexity index is 1360. The van der Waals surface area contributed by atoms with Crippen LogP contribution in [0.1, 0.15) is 41.3 Å². The summed E-state index contributed by atoms with van der Waals surface area (Å²) in [6.07, 6.45) is 1.55. The Kier molecular flexibility index (Phi) is 5.64. The monoisotopic (exact) mass is 428 g/mol. The molecule has 2 heterocycles. The maximum atomic E-state index is 13.0. The van der Waals surface area contributed by atoms with Gasteiger partial charge in [0.25, 0.3) is 11.5 Å². The van der Waals surface area contributed by atoms with E-state index in [0.29, 0.717) is 28.2 Å². The predicted molar refractivity (Wildman–Crippen MR) is 127 cm³/mol. The van der Waals surface area contributed by atoms with E-state index in [2.05, 4.69) is 34.4 Å². The number of carbonyl (C=O) groups excluding carboxylic acids is 1. The van der Waals surface area contributed by atoms with E-state index in [1.54, 1.807) is 37.4 Å². The molecule has 2 aromatic carbocycles. The van der Waals surface area contributed by atoms with Crippen molar-refractivity contribution in [3.05, 3.63) is 87.8 Å². The molecule has 0 spiro atoms. The number of hydrogen-bond acceptors (Lipinski definition) is 5. The molecule has 4 rings (SSSR count). The molecule has 4 aromatic rings. The van der Waals surface area contributed by atoms with Crippen molar-refractivity contribution in [2.24, 2.45) is 0 Å². The molecule has 0 radical (unpaired) electrons. The third-order valence-corrected chi connectivity index (χ3v) is 5.39. The van der Waals surface area contributed by atoms with Crippen LogP contribution in [-0.2, 0) is 0 Å². The summed E-state index contributed by atoms with van der Waals surface area (Å²) in [6.45, 7) is 6.02. The van der Waals surface area contributed by atoms with Crippen LogP contribution in [0, 0.1) is 6.92 Å². The molecule has 0 atom stereocenters. The van der Waals surface area contributed by atoms with Crippen LogP contribution in [-0.4, -0.2) is 21.0 Å². The number of nitrogens with zero attached hydrogens (tertiary/aromatic N) is 1. The summed E-state index contributed by atoms with van der Waals surface area (Å²) in [7, 11) is 0. The van der Waals surface area contributed by atoms with Crippen molar-refractivity contribution in [3.8, 4) is 5.75 Å². The molecule has 162 valence electrons.